The molecule has 0 fully saturated rings. The van der Waals surface area contributed by atoms with Crippen LogP contribution in [0.4, 0.5) is 13.2 Å². The lowest BCUT2D eigenvalue weighted by molar-refractivity contribution is 0.110. The van der Waals surface area contributed by atoms with Gasteiger partial charge in [0.05, 0.1) is 18.3 Å². The third-order valence-electron chi connectivity index (χ3n) is 3.73. The molecule has 0 saturated heterocycles. The smallest absolute Gasteiger partial charge is 0.134 e. The summed E-state index contributed by atoms with van der Waals surface area (Å²) in [5.41, 5.74) is 0.192. The lowest BCUT2D eigenvalue weighted by Gasteiger charge is -2.30. The van der Waals surface area contributed by atoms with Crippen molar-refractivity contribution >= 4 is 0 Å². The highest BCUT2D eigenvalue weighted by atomic mass is 19.1. The van der Waals surface area contributed by atoms with Crippen LogP contribution in [0.3, 0.4) is 0 Å². The standard InChI is InChI=1S/C16H13F3O2/c17-9-7-12(18)15(13(19)8-9)16(20)11-5-6-21-14-4-2-1-3-10(11)14/h1-4,7-8,11,16,20H,5-6H2. The van der Waals surface area contributed by atoms with Crippen molar-refractivity contribution in [2.24, 2.45) is 0 Å². The average Bonchev–Trinajstić information content (AvgIpc) is 2.45. The molecule has 0 aromatic heterocycles. The monoisotopic (exact) mass is 294 g/mol. The van der Waals surface area contributed by atoms with Crippen LogP contribution in [0.15, 0.2) is 36.4 Å². The molecule has 2 atom stereocenters. The summed E-state index contributed by atoms with van der Waals surface area (Å²) in [6.45, 7) is 0.350. The number of rotatable bonds is 2. The first kappa shape index (κ1) is 13.9. The van der Waals surface area contributed by atoms with Gasteiger partial charge in [-0.15, -0.1) is 0 Å². The van der Waals surface area contributed by atoms with Crippen LogP contribution in [-0.2, 0) is 0 Å². The Morgan fingerprint density at radius 2 is 1.76 bits per heavy atom. The summed E-state index contributed by atoms with van der Waals surface area (Å²) in [5.74, 6) is -3.07. The minimum atomic E-state index is -1.39. The zero-order valence-electron chi connectivity index (χ0n) is 11.0. The minimum Gasteiger partial charge on any atom is -0.493 e. The van der Waals surface area contributed by atoms with Crippen LogP contribution in [0.1, 0.15) is 29.6 Å². The molecule has 1 heterocycles. The van der Waals surface area contributed by atoms with Crippen molar-refractivity contribution in [1.82, 2.24) is 0 Å². The van der Waals surface area contributed by atoms with Gasteiger partial charge in [-0.05, 0) is 12.5 Å². The van der Waals surface area contributed by atoms with Crippen LogP contribution < -0.4 is 4.74 Å². The first-order valence-electron chi connectivity index (χ1n) is 6.62. The maximum Gasteiger partial charge on any atom is 0.134 e. The van der Waals surface area contributed by atoms with Gasteiger partial charge in [0.1, 0.15) is 23.2 Å². The minimum absolute atomic E-state index is 0.350. The van der Waals surface area contributed by atoms with Crippen LogP contribution in [0.5, 0.6) is 5.75 Å². The molecule has 0 bridgehead atoms. The fraction of sp³-hybridized carbons (Fsp3) is 0.250. The second-order valence-corrected chi connectivity index (χ2v) is 5.01. The van der Waals surface area contributed by atoms with Crippen molar-refractivity contribution in [2.45, 2.75) is 18.4 Å². The molecule has 0 radical (unpaired) electrons. The molecule has 110 valence electrons. The van der Waals surface area contributed by atoms with Gasteiger partial charge in [0, 0.05) is 23.6 Å². The molecule has 1 aliphatic heterocycles. The number of fused-ring (bicyclic) bond motifs is 1. The molecule has 0 spiro atoms. The van der Waals surface area contributed by atoms with Gasteiger partial charge in [-0.25, -0.2) is 13.2 Å². The first-order chi connectivity index (χ1) is 10.1. The Kier molecular flexibility index (Phi) is 3.59. The van der Waals surface area contributed by atoms with Crippen LogP contribution >= 0.6 is 0 Å². The van der Waals surface area contributed by atoms with Gasteiger partial charge in [0.25, 0.3) is 0 Å². The predicted octanol–water partition coefficient (Wildman–Crippen LogP) is 3.70. The summed E-state index contributed by atoms with van der Waals surface area (Å²) in [5, 5.41) is 10.4. The van der Waals surface area contributed by atoms with E-state index in [1.807, 2.05) is 0 Å². The number of benzene rings is 2. The summed E-state index contributed by atoms with van der Waals surface area (Å²) in [6, 6.07) is 8.20. The molecule has 5 heteroatoms. The average molecular weight is 294 g/mol. The highest BCUT2D eigenvalue weighted by Crippen LogP contribution is 2.42. The van der Waals surface area contributed by atoms with E-state index in [0.717, 1.165) is 0 Å². The summed E-state index contributed by atoms with van der Waals surface area (Å²) < 4.78 is 46.1. The molecule has 0 saturated carbocycles. The van der Waals surface area contributed by atoms with Gasteiger partial charge in [0.2, 0.25) is 0 Å². The van der Waals surface area contributed by atoms with E-state index in [4.69, 9.17) is 4.74 Å². The second-order valence-electron chi connectivity index (χ2n) is 5.01. The highest BCUT2D eigenvalue weighted by Gasteiger charge is 2.32. The van der Waals surface area contributed by atoms with E-state index in [0.29, 0.717) is 36.5 Å². The second kappa shape index (κ2) is 5.41. The van der Waals surface area contributed by atoms with E-state index in [9.17, 15) is 18.3 Å². The molecule has 21 heavy (non-hydrogen) atoms. The third kappa shape index (κ3) is 2.49. The molecule has 2 nitrogen and oxygen atoms in total. The van der Waals surface area contributed by atoms with Crippen LogP contribution in [-0.4, -0.2) is 11.7 Å². The Hall–Kier alpha value is -2.01. The van der Waals surface area contributed by atoms with Crippen LogP contribution in [0, 0.1) is 17.5 Å². The molecule has 2 unspecified atom stereocenters. The van der Waals surface area contributed by atoms with Gasteiger partial charge < -0.3 is 9.84 Å². The van der Waals surface area contributed by atoms with E-state index in [1.165, 1.54) is 0 Å². The Balaban J connectivity index is 2.03. The first-order valence-corrected chi connectivity index (χ1v) is 6.62. The van der Waals surface area contributed by atoms with E-state index >= 15 is 0 Å². The van der Waals surface area contributed by atoms with Gasteiger partial charge >= 0.3 is 0 Å². The van der Waals surface area contributed by atoms with Crippen molar-refractivity contribution < 1.29 is 23.0 Å². The van der Waals surface area contributed by atoms with Crippen molar-refractivity contribution in [3.05, 3.63) is 65.0 Å². The maximum absolute atomic E-state index is 13.8. The zero-order valence-corrected chi connectivity index (χ0v) is 11.0. The topological polar surface area (TPSA) is 29.5 Å². The normalized spacial score (nSPS) is 18.8. The number of aliphatic hydroxyl groups is 1. The van der Waals surface area contributed by atoms with Crippen molar-refractivity contribution in [3.63, 3.8) is 0 Å². The predicted molar refractivity (Wildman–Crippen MR) is 70.6 cm³/mol. The molecular weight excluding hydrogens is 281 g/mol. The summed E-state index contributed by atoms with van der Waals surface area (Å²) in [6.07, 6.45) is -0.968. The third-order valence-corrected chi connectivity index (χ3v) is 3.73. The van der Waals surface area contributed by atoms with Gasteiger partial charge in [0.15, 0.2) is 0 Å². The Labute approximate surface area is 119 Å². The van der Waals surface area contributed by atoms with Gasteiger partial charge in [-0.3, -0.25) is 0 Å². The largest absolute Gasteiger partial charge is 0.493 e. The lowest BCUT2D eigenvalue weighted by atomic mass is 9.84. The van der Waals surface area contributed by atoms with E-state index in [2.05, 4.69) is 0 Å². The summed E-state index contributed by atoms with van der Waals surface area (Å²) in [4.78, 5) is 0. The Bertz CT molecular complexity index is 649. The Morgan fingerprint density at radius 1 is 1.10 bits per heavy atom. The SMILES string of the molecule is OC(c1c(F)cc(F)cc1F)C1CCOc2ccccc21. The molecule has 1 N–H and O–H groups in total. The molecule has 0 amide bonds. The van der Waals surface area contributed by atoms with Crippen molar-refractivity contribution in [3.8, 4) is 5.75 Å². The number of hydrogen-bond donors (Lipinski definition) is 1. The van der Waals surface area contributed by atoms with Crippen molar-refractivity contribution in [1.29, 1.82) is 0 Å². The fourth-order valence-corrected chi connectivity index (χ4v) is 2.73. The summed E-state index contributed by atoms with van der Waals surface area (Å²) in [7, 11) is 0. The lowest BCUT2D eigenvalue weighted by Crippen LogP contribution is -2.21. The van der Waals surface area contributed by atoms with Crippen LogP contribution in [0.2, 0.25) is 0 Å². The zero-order chi connectivity index (χ0) is 15.0. The number of aliphatic hydroxyl groups excluding tert-OH is 1. The highest BCUT2D eigenvalue weighted by molar-refractivity contribution is 5.40. The van der Waals surface area contributed by atoms with E-state index in [-0.39, 0.29) is 0 Å². The van der Waals surface area contributed by atoms with E-state index in [1.54, 1.807) is 24.3 Å². The maximum atomic E-state index is 13.8. The number of halogens is 3. The number of ether oxygens (including phenoxy) is 1. The van der Waals surface area contributed by atoms with Crippen LogP contribution in [0.25, 0.3) is 0 Å². The summed E-state index contributed by atoms with van der Waals surface area (Å²) >= 11 is 0. The molecule has 2 aromatic carbocycles. The molecule has 2 aromatic rings. The van der Waals surface area contributed by atoms with Crippen molar-refractivity contribution in [2.75, 3.05) is 6.61 Å². The molecular formula is C16H13F3O2. The Morgan fingerprint density at radius 3 is 2.48 bits per heavy atom. The number of hydrogen-bond acceptors (Lipinski definition) is 2. The molecule has 0 aliphatic carbocycles. The fourth-order valence-electron chi connectivity index (χ4n) is 2.73. The number of para-hydroxylation sites is 1. The quantitative estimate of drug-likeness (QED) is 0.915. The molecule has 3 rings (SSSR count). The molecule has 1 aliphatic rings. The van der Waals surface area contributed by atoms with Gasteiger partial charge in [-0.2, -0.15) is 0 Å². The van der Waals surface area contributed by atoms with Gasteiger partial charge in [-0.1, -0.05) is 18.2 Å². The van der Waals surface area contributed by atoms with E-state index < -0.39 is 35.0 Å².